The maximum atomic E-state index is 11.1. The molecule has 2 aromatic heterocycles. The van der Waals surface area contributed by atoms with E-state index in [1.807, 2.05) is 11.4 Å². The molecule has 3 rings (SSSR count). The minimum atomic E-state index is -0.385. The molecular weight excluding hydrogens is 354 g/mol. The second kappa shape index (κ2) is 5.79. The first-order chi connectivity index (χ1) is 10.1. The Morgan fingerprint density at radius 3 is 2.95 bits per heavy atom. The Morgan fingerprint density at radius 1 is 1.38 bits per heavy atom. The third-order valence-electron chi connectivity index (χ3n) is 3.02. The average molecular weight is 364 g/mol. The Labute approximate surface area is 132 Å². The number of non-ortho nitro benzene ring substituents is 1. The van der Waals surface area contributed by atoms with E-state index in [0.717, 1.165) is 10.2 Å². The summed E-state index contributed by atoms with van der Waals surface area (Å²) in [5, 5.41) is 16.9. The van der Waals surface area contributed by atoms with E-state index in [4.69, 9.17) is 0 Å². The van der Waals surface area contributed by atoms with Crippen molar-refractivity contribution in [2.75, 3.05) is 5.32 Å². The highest BCUT2D eigenvalue weighted by molar-refractivity contribution is 9.10. The number of nitrogens with one attached hydrogen (secondary N) is 1. The highest BCUT2D eigenvalue weighted by Crippen LogP contribution is 2.30. The first-order valence-electron chi connectivity index (χ1n) is 6.14. The fraction of sp³-hybridized carbons (Fsp3) is 0.0714. The lowest BCUT2D eigenvalue weighted by Gasteiger charge is -2.08. The lowest BCUT2D eigenvalue weighted by molar-refractivity contribution is -0.383. The van der Waals surface area contributed by atoms with Crippen LogP contribution in [0.25, 0.3) is 10.9 Å². The van der Waals surface area contributed by atoms with Gasteiger partial charge in [-0.3, -0.25) is 15.1 Å². The fourth-order valence-corrected chi connectivity index (χ4v) is 3.48. The Balaban J connectivity index is 1.96. The summed E-state index contributed by atoms with van der Waals surface area (Å²) in [5.74, 6) is 0. The molecule has 0 saturated heterocycles. The molecule has 0 aliphatic heterocycles. The number of anilines is 1. The van der Waals surface area contributed by atoms with Crippen molar-refractivity contribution < 1.29 is 4.92 Å². The van der Waals surface area contributed by atoms with Crippen LogP contribution in [0.15, 0.2) is 46.4 Å². The molecular formula is C14H10BrN3O2S. The number of halogens is 1. The van der Waals surface area contributed by atoms with Gasteiger partial charge in [0, 0.05) is 33.5 Å². The summed E-state index contributed by atoms with van der Waals surface area (Å²) in [6.45, 7) is 0.653. The minimum Gasteiger partial charge on any atom is -0.378 e. The van der Waals surface area contributed by atoms with Gasteiger partial charge in [0.2, 0.25) is 0 Å². The number of benzene rings is 1. The molecule has 0 saturated carbocycles. The summed E-state index contributed by atoms with van der Waals surface area (Å²) in [6, 6.07) is 8.67. The molecule has 0 aliphatic rings. The van der Waals surface area contributed by atoms with Gasteiger partial charge in [-0.1, -0.05) is 0 Å². The van der Waals surface area contributed by atoms with Crippen LogP contribution >= 0.6 is 27.3 Å². The van der Waals surface area contributed by atoms with Crippen molar-refractivity contribution in [2.45, 2.75) is 6.54 Å². The van der Waals surface area contributed by atoms with Gasteiger partial charge in [-0.15, -0.1) is 11.3 Å². The molecule has 3 aromatic rings. The highest BCUT2D eigenvalue weighted by Gasteiger charge is 2.14. The Bertz CT molecular complexity index is 819. The van der Waals surface area contributed by atoms with Crippen LogP contribution in [0.5, 0.6) is 0 Å². The number of pyridine rings is 1. The van der Waals surface area contributed by atoms with E-state index in [-0.39, 0.29) is 10.6 Å². The number of nitro groups is 1. The normalized spacial score (nSPS) is 10.7. The van der Waals surface area contributed by atoms with Gasteiger partial charge in [-0.25, -0.2) is 0 Å². The summed E-state index contributed by atoms with van der Waals surface area (Å²) in [4.78, 5) is 16.1. The maximum Gasteiger partial charge on any atom is 0.278 e. The van der Waals surface area contributed by atoms with E-state index < -0.39 is 0 Å². The lowest BCUT2D eigenvalue weighted by atomic mass is 10.1. The van der Waals surface area contributed by atoms with Crippen molar-refractivity contribution >= 4 is 49.5 Å². The van der Waals surface area contributed by atoms with Crippen LogP contribution in [0, 0.1) is 10.1 Å². The zero-order valence-electron chi connectivity index (χ0n) is 10.7. The molecule has 0 bridgehead atoms. The largest absolute Gasteiger partial charge is 0.378 e. The molecule has 0 atom stereocenters. The lowest BCUT2D eigenvalue weighted by Crippen LogP contribution is -2.00. The number of hydrogen-bond donors (Lipinski definition) is 1. The molecule has 0 fully saturated rings. The first kappa shape index (κ1) is 14.0. The molecule has 0 radical (unpaired) electrons. The van der Waals surface area contributed by atoms with Crippen LogP contribution in [0.3, 0.4) is 0 Å². The van der Waals surface area contributed by atoms with Gasteiger partial charge in [-0.05, 0) is 40.2 Å². The van der Waals surface area contributed by atoms with Crippen LogP contribution in [0.1, 0.15) is 4.88 Å². The van der Waals surface area contributed by atoms with Crippen molar-refractivity contribution in [2.24, 2.45) is 0 Å². The second-order valence-corrected chi connectivity index (χ2v) is 6.29. The van der Waals surface area contributed by atoms with Gasteiger partial charge in [0.15, 0.2) is 0 Å². The van der Waals surface area contributed by atoms with Crippen molar-refractivity contribution in [3.63, 3.8) is 0 Å². The van der Waals surface area contributed by atoms with Gasteiger partial charge in [0.1, 0.15) is 5.52 Å². The third-order valence-corrected chi connectivity index (χ3v) is 4.72. The van der Waals surface area contributed by atoms with E-state index in [0.29, 0.717) is 17.4 Å². The predicted molar refractivity (Wildman–Crippen MR) is 87.7 cm³/mol. The van der Waals surface area contributed by atoms with Gasteiger partial charge < -0.3 is 5.32 Å². The smallest absolute Gasteiger partial charge is 0.278 e. The molecule has 1 aromatic carbocycles. The number of thiophene rings is 1. The van der Waals surface area contributed by atoms with Crippen LogP contribution in [-0.2, 0) is 6.54 Å². The maximum absolute atomic E-state index is 11.1. The zero-order valence-corrected chi connectivity index (χ0v) is 13.1. The summed E-state index contributed by atoms with van der Waals surface area (Å²) in [5.41, 5.74) is 1.48. The monoisotopic (exact) mass is 363 g/mol. The second-order valence-electron chi connectivity index (χ2n) is 4.37. The number of rotatable bonds is 4. The van der Waals surface area contributed by atoms with E-state index >= 15 is 0 Å². The van der Waals surface area contributed by atoms with Crippen molar-refractivity contribution in [3.8, 4) is 0 Å². The molecule has 7 heteroatoms. The molecule has 106 valence electrons. The SMILES string of the molecule is O=[N+]([O-])c1ccc(NCc2cc(Br)cs2)c2ncccc12. The van der Waals surface area contributed by atoms with Crippen molar-refractivity contribution in [1.82, 2.24) is 4.98 Å². The quantitative estimate of drug-likeness (QED) is 0.544. The summed E-state index contributed by atoms with van der Waals surface area (Å²) >= 11 is 5.06. The van der Waals surface area contributed by atoms with E-state index in [1.165, 1.54) is 10.9 Å². The Hall–Kier alpha value is -1.99. The molecule has 1 N–H and O–H groups in total. The van der Waals surface area contributed by atoms with E-state index in [1.54, 1.807) is 35.7 Å². The summed E-state index contributed by atoms with van der Waals surface area (Å²) in [7, 11) is 0. The average Bonchev–Trinajstić information content (AvgIpc) is 2.90. The van der Waals surface area contributed by atoms with Crippen LogP contribution in [0.4, 0.5) is 11.4 Å². The van der Waals surface area contributed by atoms with Crippen molar-refractivity contribution in [3.05, 3.63) is 61.4 Å². The van der Waals surface area contributed by atoms with Gasteiger partial charge in [0.25, 0.3) is 5.69 Å². The van der Waals surface area contributed by atoms with Gasteiger partial charge >= 0.3 is 0 Å². The zero-order chi connectivity index (χ0) is 14.8. The number of aromatic nitrogens is 1. The number of nitrogens with zero attached hydrogens (tertiary/aromatic N) is 2. The van der Waals surface area contributed by atoms with Crippen LogP contribution in [0.2, 0.25) is 0 Å². The van der Waals surface area contributed by atoms with Crippen LogP contribution < -0.4 is 5.32 Å². The molecule has 0 unspecified atom stereocenters. The molecule has 21 heavy (non-hydrogen) atoms. The summed E-state index contributed by atoms with van der Waals surface area (Å²) in [6.07, 6.45) is 1.64. The Kier molecular flexibility index (Phi) is 3.85. The van der Waals surface area contributed by atoms with Gasteiger partial charge in [-0.2, -0.15) is 0 Å². The molecule has 0 spiro atoms. The standard InChI is InChI=1S/C14H10BrN3O2S/c15-9-6-10(21-8-9)7-17-12-3-4-13(18(19)20)11-2-1-5-16-14(11)12/h1-6,8,17H,7H2. The number of fused-ring (bicyclic) bond motifs is 1. The first-order valence-corrected chi connectivity index (χ1v) is 7.81. The third kappa shape index (κ3) is 2.88. The molecule has 5 nitrogen and oxygen atoms in total. The van der Waals surface area contributed by atoms with E-state index in [9.17, 15) is 10.1 Å². The number of nitro benzene ring substituents is 1. The van der Waals surface area contributed by atoms with Gasteiger partial charge in [0.05, 0.1) is 16.0 Å². The number of hydrogen-bond acceptors (Lipinski definition) is 5. The molecule has 0 aliphatic carbocycles. The molecule has 2 heterocycles. The topological polar surface area (TPSA) is 68.1 Å². The fourth-order valence-electron chi connectivity index (χ4n) is 2.09. The van der Waals surface area contributed by atoms with Crippen molar-refractivity contribution in [1.29, 1.82) is 0 Å². The summed E-state index contributed by atoms with van der Waals surface area (Å²) < 4.78 is 1.05. The Morgan fingerprint density at radius 2 is 2.24 bits per heavy atom. The minimum absolute atomic E-state index is 0.0718. The highest BCUT2D eigenvalue weighted by atomic mass is 79.9. The van der Waals surface area contributed by atoms with E-state index in [2.05, 4.69) is 26.2 Å². The molecule has 0 amide bonds. The predicted octanol–water partition coefficient (Wildman–Crippen LogP) is 4.58. The van der Waals surface area contributed by atoms with Crippen LogP contribution in [-0.4, -0.2) is 9.91 Å².